The molecule has 2 unspecified atom stereocenters. The van der Waals surface area contributed by atoms with Crippen molar-refractivity contribution in [1.82, 2.24) is 24.9 Å². The van der Waals surface area contributed by atoms with Gasteiger partial charge in [0.05, 0.1) is 6.04 Å². The van der Waals surface area contributed by atoms with Crippen molar-refractivity contribution in [2.45, 2.75) is 57.4 Å². The molecule has 2 atom stereocenters. The summed E-state index contributed by atoms with van der Waals surface area (Å²) in [5, 5.41) is 8.06. The van der Waals surface area contributed by atoms with Gasteiger partial charge in [-0.05, 0) is 70.1 Å². The number of carbonyl (C=O) groups is 1. The van der Waals surface area contributed by atoms with Gasteiger partial charge in [-0.15, -0.1) is 0 Å². The van der Waals surface area contributed by atoms with Crippen molar-refractivity contribution in [2.24, 2.45) is 5.92 Å². The second-order valence-corrected chi connectivity index (χ2v) is 8.66. The van der Waals surface area contributed by atoms with Crippen LogP contribution < -0.4 is 5.32 Å². The molecule has 6 heteroatoms. The van der Waals surface area contributed by atoms with Crippen molar-refractivity contribution in [3.05, 3.63) is 18.0 Å². The zero-order valence-electron chi connectivity index (χ0n) is 16.6. The highest BCUT2D eigenvalue weighted by molar-refractivity contribution is 5.92. The van der Waals surface area contributed by atoms with E-state index in [4.69, 9.17) is 0 Å². The summed E-state index contributed by atoms with van der Waals surface area (Å²) in [5.41, 5.74) is 0.621. The lowest BCUT2D eigenvalue weighted by Crippen LogP contribution is -2.44. The summed E-state index contributed by atoms with van der Waals surface area (Å²) in [7, 11) is 0. The van der Waals surface area contributed by atoms with Gasteiger partial charge in [0.1, 0.15) is 5.69 Å². The molecule has 150 valence electrons. The van der Waals surface area contributed by atoms with Gasteiger partial charge < -0.3 is 15.1 Å². The highest BCUT2D eigenvalue weighted by Gasteiger charge is 2.27. The molecule has 0 radical (unpaired) electrons. The SMILES string of the molecule is O=C(c1ccn(C2CCCNC2)n1)N1CCCC(CN2CCCCCC2)C1. The standard InChI is InChI=1S/C21H35N5O/c27-21(20-9-14-26(23-20)19-8-5-10-22-15-19)25-13-6-7-18(17-25)16-24-11-3-1-2-4-12-24/h9,14,18-19,22H,1-8,10-13,15-17H2. The lowest BCUT2D eigenvalue weighted by Gasteiger charge is -2.35. The number of hydrogen-bond donors (Lipinski definition) is 1. The first-order valence-electron chi connectivity index (χ1n) is 11.1. The van der Waals surface area contributed by atoms with E-state index >= 15 is 0 Å². The quantitative estimate of drug-likeness (QED) is 0.881. The summed E-state index contributed by atoms with van der Waals surface area (Å²) >= 11 is 0. The minimum Gasteiger partial charge on any atom is -0.337 e. The van der Waals surface area contributed by atoms with Crippen LogP contribution in [0.15, 0.2) is 12.3 Å². The van der Waals surface area contributed by atoms with Gasteiger partial charge in [-0.3, -0.25) is 9.48 Å². The fourth-order valence-electron chi connectivity index (χ4n) is 4.96. The first-order chi connectivity index (χ1) is 13.3. The number of hydrogen-bond acceptors (Lipinski definition) is 4. The van der Waals surface area contributed by atoms with E-state index in [0.717, 1.165) is 45.6 Å². The molecule has 0 saturated carbocycles. The molecule has 1 amide bonds. The fourth-order valence-corrected chi connectivity index (χ4v) is 4.96. The van der Waals surface area contributed by atoms with Crippen LogP contribution in [0.1, 0.15) is 67.9 Å². The highest BCUT2D eigenvalue weighted by Crippen LogP contribution is 2.22. The highest BCUT2D eigenvalue weighted by atomic mass is 16.2. The van der Waals surface area contributed by atoms with Crippen molar-refractivity contribution in [3.8, 4) is 0 Å². The summed E-state index contributed by atoms with van der Waals surface area (Å²) in [4.78, 5) is 17.7. The molecule has 1 aromatic heterocycles. The summed E-state index contributed by atoms with van der Waals surface area (Å²) in [6, 6.07) is 2.30. The molecule has 0 aliphatic carbocycles. The lowest BCUT2D eigenvalue weighted by atomic mass is 9.97. The molecule has 6 nitrogen and oxygen atoms in total. The van der Waals surface area contributed by atoms with Crippen molar-refractivity contribution in [2.75, 3.05) is 45.8 Å². The van der Waals surface area contributed by atoms with Crippen molar-refractivity contribution >= 4 is 5.91 Å². The summed E-state index contributed by atoms with van der Waals surface area (Å²) in [6.07, 6.45) is 12.1. The van der Waals surface area contributed by atoms with E-state index in [9.17, 15) is 4.79 Å². The Balaban J connectivity index is 1.33. The second kappa shape index (κ2) is 9.20. The lowest BCUT2D eigenvalue weighted by molar-refractivity contribution is 0.0634. The molecule has 0 bridgehead atoms. The molecular formula is C21H35N5O. The van der Waals surface area contributed by atoms with Crippen LogP contribution in [0, 0.1) is 5.92 Å². The molecule has 1 N–H and O–H groups in total. The van der Waals surface area contributed by atoms with Crippen LogP contribution in [0.25, 0.3) is 0 Å². The van der Waals surface area contributed by atoms with Crippen LogP contribution in [-0.4, -0.2) is 71.3 Å². The van der Waals surface area contributed by atoms with Gasteiger partial charge >= 0.3 is 0 Å². The predicted octanol–water partition coefficient (Wildman–Crippen LogP) is 2.54. The van der Waals surface area contributed by atoms with E-state index in [1.807, 2.05) is 16.9 Å². The van der Waals surface area contributed by atoms with Crippen LogP contribution in [0.2, 0.25) is 0 Å². The number of carbonyl (C=O) groups excluding carboxylic acids is 1. The average Bonchev–Trinajstić information content (AvgIpc) is 3.07. The minimum absolute atomic E-state index is 0.123. The number of amides is 1. The topological polar surface area (TPSA) is 53.4 Å². The zero-order valence-corrected chi connectivity index (χ0v) is 16.6. The van der Waals surface area contributed by atoms with Crippen LogP contribution in [0.3, 0.4) is 0 Å². The molecule has 3 aliphatic heterocycles. The van der Waals surface area contributed by atoms with Gasteiger partial charge in [0.2, 0.25) is 0 Å². The van der Waals surface area contributed by atoms with Crippen LogP contribution in [-0.2, 0) is 0 Å². The molecule has 3 aliphatic rings. The molecule has 0 spiro atoms. The fraction of sp³-hybridized carbons (Fsp3) is 0.810. The van der Waals surface area contributed by atoms with Crippen LogP contribution in [0.5, 0.6) is 0 Å². The van der Waals surface area contributed by atoms with Gasteiger partial charge in [0.25, 0.3) is 5.91 Å². The van der Waals surface area contributed by atoms with E-state index in [1.54, 1.807) is 0 Å². The van der Waals surface area contributed by atoms with Crippen molar-refractivity contribution < 1.29 is 4.79 Å². The molecule has 27 heavy (non-hydrogen) atoms. The third-order valence-electron chi connectivity index (χ3n) is 6.49. The Bertz CT molecular complexity index is 601. The molecule has 1 aromatic rings. The normalized spacial score (nSPS) is 28.1. The maximum Gasteiger partial charge on any atom is 0.274 e. The summed E-state index contributed by atoms with van der Waals surface area (Å²) in [6.45, 7) is 7.47. The Labute approximate surface area is 163 Å². The molecule has 4 rings (SSSR count). The van der Waals surface area contributed by atoms with Crippen LogP contribution in [0.4, 0.5) is 0 Å². The Kier molecular flexibility index (Phi) is 6.45. The maximum absolute atomic E-state index is 13.0. The van der Waals surface area contributed by atoms with E-state index in [2.05, 4.69) is 20.2 Å². The first kappa shape index (κ1) is 18.9. The average molecular weight is 374 g/mol. The van der Waals surface area contributed by atoms with Crippen molar-refractivity contribution in [3.63, 3.8) is 0 Å². The molecule has 3 saturated heterocycles. The molecular weight excluding hydrogens is 338 g/mol. The van der Waals surface area contributed by atoms with Gasteiger partial charge in [0.15, 0.2) is 0 Å². The largest absolute Gasteiger partial charge is 0.337 e. The monoisotopic (exact) mass is 373 g/mol. The third-order valence-corrected chi connectivity index (χ3v) is 6.49. The van der Waals surface area contributed by atoms with E-state index in [1.165, 1.54) is 51.6 Å². The number of nitrogens with zero attached hydrogens (tertiary/aromatic N) is 4. The zero-order chi connectivity index (χ0) is 18.5. The Morgan fingerprint density at radius 1 is 1.07 bits per heavy atom. The Morgan fingerprint density at radius 2 is 1.93 bits per heavy atom. The second-order valence-electron chi connectivity index (χ2n) is 8.66. The molecule has 3 fully saturated rings. The van der Waals surface area contributed by atoms with Crippen LogP contribution >= 0.6 is 0 Å². The maximum atomic E-state index is 13.0. The summed E-state index contributed by atoms with van der Waals surface area (Å²) in [5.74, 6) is 0.739. The number of rotatable bonds is 4. The number of likely N-dealkylation sites (tertiary alicyclic amines) is 2. The Morgan fingerprint density at radius 3 is 2.70 bits per heavy atom. The van der Waals surface area contributed by atoms with E-state index < -0.39 is 0 Å². The van der Waals surface area contributed by atoms with E-state index in [-0.39, 0.29) is 5.91 Å². The third kappa shape index (κ3) is 4.91. The smallest absolute Gasteiger partial charge is 0.274 e. The molecule has 4 heterocycles. The predicted molar refractivity (Wildman–Crippen MR) is 107 cm³/mol. The minimum atomic E-state index is 0.123. The van der Waals surface area contributed by atoms with Gasteiger partial charge in [0, 0.05) is 32.4 Å². The number of nitrogens with one attached hydrogen (secondary N) is 1. The van der Waals surface area contributed by atoms with Gasteiger partial charge in [-0.25, -0.2) is 0 Å². The van der Waals surface area contributed by atoms with Gasteiger partial charge in [-0.2, -0.15) is 5.10 Å². The Hall–Kier alpha value is -1.40. The van der Waals surface area contributed by atoms with Crippen molar-refractivity contribution in [1.29, 1.82) is 0 Å². The summed E-state index contributed by atoms with van der Waals surface area (Å²) < 4.78 is 2.00. The van der Waals surface area contributed by atoms with Gasteiger partial charge in [-0.1, -0.05) is 12.8 Å². The number of aromatic nitrogens is 2. The number of piperidine rings is 2. The first-order valence-corrected chi connectivity index (χ1v) is 11.1. The van der Waals surface area contributed by atoms with E-state index in [0.29, 0.717) is 17.7 Å². The molecule has 0 aromatic carbocycles.